The number of aliphatic hydroxyl groups is 5. The van der Waals surface area contributed by atoms with Crippen LogP contribution in [0.2, 0.25) is 0 Å². The van der Waals surface area contributed by atoms with Crippen molar-refractivity contribution in [1.82, 2.24) is 10.2 Å². The molecule has 2 heterocycles. The van der Waals surface area contributed by atoms with Crippen molar-refractivity contribution in [2.45, 2.75) is 119 Å². The van der Waals surface area contributed by atoms with Crippen LogP contribution in [0.25, 0.3) is 0 Å². The number of imide groups is 1. The molecule has 2 saturated heterocycles. The number of carbonyl (C=O) groups excluding carboxylic acids is 5. The number of carboxylic acids is 1. The highest BCUT2D eigenvalue weighted by molar-refractivity contribution is 6.00. The van der Waals surface area contributed by atoms with E-state index in [4.69, 9.17) is 36.1 Å². The molecule has 2 unspecified atom stereocenters. The molecule has 2 aliphatic heterocycles. The Morgan fingerprint density at radius 1 is 0.909 bits per heavy atom. The highest BCUT2D eigenvalue weighted by Gasteiger charge is 2.58. The van der Waals surface area contributed by atoms with Crippen molar-refractivity contribution >= 4 is 35.6 Å². The first-order chi connectivity index (χ1) is 26.2. The summed E-state index contributed by atoms with van der Waals surface area (Å²) in [6, 6.07) is -0.298. The Morgan fingerprint density at radius 3 is 1.96 bits per heavy atom. The number of amides is 4. The molecule has 21 nitrogen and oxygen atoms in total. The van der Waals surface area contributed by atoms with Crippen LogP contribution in [0.15, 0.2) is 30.3 Å². The van der Waals surface area contributed by atoms with E-state index in [1.54, 1.807) is 30.3 Å². The van der Waals surface area contributed by atoms with E-state index in [9.17, 15) is 60.8 Å². The number of nitrogens with one attached hydrogen (secondary N) is 1. The van der Waals surface area contributed by atoms with Crippen LogP contribution in [0.3, 0.4) is 0 Å². The maximum Gasteiger partial charge on any atom is 0.332 e. The fraction of sp³-hybridized carbons (Fsp3) is 0.647. The van der Waals surface area contributed by atoms with Crippen molar-refractivity contribution in [2.75, 3.05) is 13.2 Å². The predicted molar refractivity (Wildman–Crippen MR) is 185 cm³/mol. The molecule has 308 valence electrons. The van der Waals surface area contributed by atoms with Crippen LogP contribution in [0.5, 0.6) is 0 Å². The first-order valence-corrected chi connectivity index (χ1v) is 17.3. The van der Waals surface area contributed by atoms with Gasteiger partial charge in [-0.25, -0.2) is 4.79 Å². The molecule has 4 amide bonds. The van der Waals surface area contributed by atoms with E-state index in [2.05, 4.69) is 5.32 Å². The molecule has 55 heavy (non-hydrogen) atoms. The monoisotopic (exact) mass is 786 g/mol. The van der Waals surface area contributed by atoms with Crippen LogP contribution in [-0.2, 0) is 54.3 Å². The molecule has 2 fully saturated rings. The fourth-order valence-corrected chi connectivity index (χ4v) is 6.48. The van der Waals surface area contributed by atoms with Crippen LogP contribution in [0.1, 0.15) is 40.5 Å². The van der Waals surface area contributed by atoms with Gasteiger partial charge in [-0.15, -0.1) is 0 Å². The van der Waals surface area contributed by atoms with Crippen molar-refractivity contribution in [1.29, 1.82) is 0 Å². The van der Waals surface area contributed by atoms with Gasteiger partial charge in [0.25, 0.3) is 0 Å². The minimum Gasteiger partial charge on any atom is -0.479 e. The standard InChI is InChI=1S/C34H51N5O16/c1-14(34(50)51)53-31-24(36)30(55-20(12-41)27(31)46)22(29-23(35)28(47)26(45)19(11-40)54-29)25(39(15(2)42)16(3)43)33(49)38-18(32(37)48)9-10-21(44)52-13-17-7-5-4-6-8-17/h4-8,14,18-20,22-31,40-41,45-47H,9-13,35-36H2,1-3H3,(H2,37,48)(H,38,49)(H,50,51)/t14-,18+,19-,20-,22?,23-,24+,25+,26-,27-,28-,29+,30?,31-/m1/s1/i25D. The van der Waals surface area contributed by atoms with E-state index in [0.717, 1.165) is 20.8 Å². The molecule has 0 aliphatic carbocycles. The van der Waals surface area contributed by atoms with E-state index >= 15 is 0 Å². The molecule has 14 atom stereocenters. The maximum absolute atomic E-state index is 14.7. The number of rotatable bonds is 17. The van der Waals surface area contributed by atoms with Gasteiger partial charge in [0.15, 0.2) is 6.10 Å². The molecule has 21 heteroatoms. The molecule has 0 bridgehead atoms. The Morgan fingerprint density at radius 2 is 1.45 bits per heavy atom. The van der Waals surface area contributed by atoms with Crippen LogP contribution in [0.4, 0.5) is 0 Å². The van der Waals surface area contributed by atoms with Crippen LogP contribution in [-0.4, -0.2) is 163 Å². The van der Waals surface area contributed by atoms with Crippen molar-refractivity contribution < 1.29 is 79.7 Å². The maximum atomic E-state index is 14.7. The van der Waals surface area contributed by atoms with Crippen molar-refractivity contribution in [3.63, 3.8) is 0 Å². The zero-order chi connectivity index (χ0) is 42.2. The summed E-state index contributed by atoms with van der Waals surface area (Å²) in [7, 11) is 0. The van der Waals surface area contributed by atoms with Gasteiger partial charge >= 0.3 is 11.9 Å². The van der Waals surface area contributed by atoms with Crippen LogP contribution < -0.4 is 22.5 Å². The zero-order valence-electron chi connectivity index (χ0n) is 31.4. The number of hydrogen-bond donors (Lipinski definition) is 10. The molecular formula is C34H51N5O16. The molecule has 13 N–H and O–H groups in total. The van der Waals surface area contributed by atoms with Crippen molar-refractivity contribution in [2.24, 2.45) is 23.1 Å². The van der Waals surface area contributed by atoms with E-state index in [1.807, 2.05) is 0 Å². The summed E-state index contributed by atoms with van der Waals surface area (Å²) in [5, 5.41) is 64.7. The Hall–Kier alpha value is -4.16. The summed E-state index contributed by atoms with van der Waals surface area (Å²) in [5.41, 5.74) is 19.1. The van der Waals surface area contributed by atoms with Gasteiger partial charge in [0.2, 0.25) is 23.6 Å². The van der Waals surface area contributed by atoms with E-state index in [1.165, 1.54) is 0 Å². The normalized spacial score (nSPS) is 31.1. The molecule has 0 radical (unpaired) electrons. The average molecular weight is 787 g/mol. The Labute approximate surface area is 317 Å². The Bertz CT molecular complexity index is 1550. The third-order valence-corrected chi connectivity index (χ3v) is 9.37. The summed E-state index contributed by atoms with van der Waals surface area (Å²) in [5.74, 6) is -9.99. The van der Waals surface area contributed by atoms with Gasteiger partial charge in [-0.3, -0.25) is 28.9 Å². The van der Waals surface area contributed by atoms with Gasteiger partial charge in [0, 0.05) is 26.2 Å². The van der Waals surface area contributed by atoms with Gasteiger partial charge < -0.3 is 72.1 Å². The summed E-state index contributed by atoms with van der Waals surface area (Å²) in [6.07, 6.45) is -17.6. The lowest BCUT2D eigenvalue weighted by Crippen LogP contribution is -2.74. The van der Waals surface area contributed by atoms with Crippen molar-refractivity contribution in [3.05, 3.63) is 35.9 Å². The van der Waals surface area contributed by atoms with Gasteiger partial charge in [-0.2, -0.15) is 0 Å². The molecule has 0 saturated carbocycles. The number of nitrogens with two attached hydrogens (primary N) is 3. The minimum absolute atomic E-state index is 0.116. The second-order valence-corrected chi connectivity index (χ2v) is 13.2. The third-order valence-electron chi connectivity index (χ3n) is 9.37. The van der Waals surface area contributed by atoms with E-state index in [-0.39, 0.29) is 11.5 Å². The summed E-state index contributed by atoms with van der Waals surface area (Å²) in [6.45, 7) is 0.537. The number of aliphatic hydroxyl groups excluding tert-OH is 5. The highest BCUT2D eigenvalue weighted by atomic mass is 16.6. The molecule has 0 aromatic heterocycles. The molecule has 3 rings (SSSR count). The molecule has 1 aromatic rings. The summed E-state index contributed by atoms with van der Waals surface area (Å²) < 4.78 is 32.4. The third kappa shape index (κ3) is 11.0. The second kappa shape index (κ2) is 20.1. The van der Waals surface area contributed by atoms with Crippen LogP contribution in [0, 0.1) is 5.92 Å². The minimum atomic E-state index is -3.42. The first kappa shape index (κ1) is 43.6. The number of benzene rings is 1. The second-order valence-electron chi connectivity index (χ2n) is 13.2. The van der Waals surface area contributed by atoms with E-state index in [0.29, 0.717) is 5.56 Å². The van der Waals surface area contributed by atoms with Gasteiger partial charge in [0.05, 0.1) is 38.9 Å². The number of hydrogen-bond acceptors (Lipinski definition) is 17. The number of carbonyl (C=O) groups is 6. The number of aliphatic carboxylic acids is 1. The first-order valence-electron chi connectivity index (χ1n) is 17.8. The average Bonchev–Trinajstić information content (AvgIpc) is 3.14. The van der Waals surface area contributed by atoms with Gasteiger partial charge in [-0.05, 0) is 18.9 Å². The smallest absolute Gasteiger partial charge is 0.332 e. The van der Waals surface area contributed by atoms with Gasteiger partial charge in [-0.1, -0.05) is 30.3 Å². The number of ether oxygens (including phenoxy) is 4. The Kier molecular flexibility index (Phi) is 15.9. The molecule has 2 aliphatic rings. The molecule has 0 spiro atoms. The Balaban J connectivity index is 2.20. The quantitative estimate of drug-likeness (QED) is 0.0661. The largest absolute Gasteiger partial charge is 0.479 e. The van der Waals surface area contributed by atoms with Crippen molar-refractivity contribution in [3.8, 4) is 0 Å². The number of nitrogens with zero attached hydrogens (tertiary/aromatic N) is 1. The molecule has 1 aromatic carbocycles. The zero-order valence-corrected chi connectivity index (χ0v) is 30.4. The number of carboxylic acid groups (broad SMARTS) is 1. The highest BCUT2D eigenvalue weighted by Crippen LogP contribution is 2.37. The summed E-state index contributed by atoms with van der Waals surface area (Å²) in [4.78, 5) is 78.4. The lowest BCUT2D eigenvalue weighted by Gasteiger charge is -2.52. The fourth-order valence-electron chi connectivity index (χ4n) is 6.48. The number of primary amides is 1. The lowest BCUT2D eigenvalue weighted by molar-refractivity contribution is -0.256. The van der Waals surface area contributed by atoms with Gasteiger partial charge in [0.1, 0.15) is 55.3 Å². The topological polar surface area (TPSA) is 354 Å². The lowest BCUT2D eigenvalue weighted by atomic mass is 9.74. The van der Waals surface area contributed by atoms with E-state index < -0.39 is 147 Å². The van der Waals surface area contributed by atoms with Crippen LogP contribution >= 0.6 is 0 Å². The molecular weight excluding hydrogens is 734 g/mol. The predicted octanol–water partition coefficient (Wildman–Crippen LogP) is -5.03. The number of esters is 1. The summed E-state index contributed by atoms with van der Waals surface area (Å²) >= 11 is 0. The SMILES string of the molecule is [2H][C@@](C(=O)N[C@@H](CCC(=O)OCc1ccccc1)C(N)=O)(C(C1O[C@H](CO)[C@@H](O)[C@H](O[C@H](C)C(=O)O)[C@H]1N)[C@@H]1O[C@H](CO)[C@@H](O)[C@H](O)[C@H]1N)N(C(C)=O)C(C)=O.